The number of hydrogen-bond donors (Lipinski definition) is 1. The van der Waals surface area contributed by atoms with Crippen LogP contribution in [0.4, 0.5) is 0 Å². The third-order valence-electron chi connectivity index (χ3n) is 3.09. The number of carbonyl (C=O) groups excluding carboxylic acids is 1. The van der Waals surface area contributed by atoms with Gasteiger partial charge < -0.3 is 10.0 Å². The Labute approximate surface area is 127 Å². The molecule has 2 aromatic rings. The number of amides is 1. The van der Waals surface area contributed by atoms with Crippen molar-refractivity contribution in [2.24, 2.45) is 5.92 Å². The molecule has 1 N–H and O–H groups in total. The van der Waals surface area contributed by atoms with Gasteiger partial charge in [0, 0.05) is 25.0 Å². The van der Waals surface area contributed by atoms with Crippen molar-refractivity contribution in [3.05, 3.63) is 23.8 Å². The van der Waals surface area contributed by atoms with Gasteiger partial charge in [0.1, 0.15) is 0 Å². The van der Waals surface area contributed by atoms with E-state index in [-0.39, 0.29) is 30.6 Å². The van der Waals surface area contributed by atoms with E-state index in [0.717, 1.165) is 5.69 Å². The molecule has 0 saturated heterocycles. The van der Waals surface area contributed by atoms with Crippen LogP contribution >= 0.6 is 0 Å². The average Bonchev–Trinajstić information content (AvgIpc) is 2.87. The van der Waals surface area contributed by atoms with Gasteiger partial charge in [-0.25, -0.2) is 9.50 Å². The Hall–Kier alpha value is -2.51. The van der Waals surface area contributed by atoms with E-state index in [4.69, 9.17) is 5.11 Å². The van der Waals surface area contributed by atoms with Gasteiger partial charge in [0.25, 0.3) is 11.7 Å². The summed E-state index contributed by atoms with van der Waals surface area (Å²) < 4.78 is 1.50. The van der Waals surface area contributed by atoms with Crippen LogP contribution in [0, 0.1) is 12.8 Å². The number of carboxylic acid groups (broad SMARTS) is 1. The van der Waals surface area contributed by atoms with Gasteiger partial charge in [-0.2, -0.15) is 4.98 Å². The highest BCUT2D eigenvalue weighted by molar-refractivity contribution is 5.91. The third kappa shape index (κ3) is 3.57. The first-order valence-corrected chi connectivity index (χ1v) is 7.08. The van der Waals surface area contributed by atoms with Gasteiger partial charge in [0.2, 0.25) is 5.82 Å². The molecular formula is C14H19N5O3. The lowest BCUT2D eigenvalue weighted by molar-refractivity contribution is -0.137. The minimum Gasteiger partial charge on any atom is -0.481 e. The quantitative estimate of drug-likeness (QED) is 0.854. The minimum atomic E-state index is -0.943. The molecule has 0 saturated carbocycles. The van der Waals surface area contributed by atoms with Crippen LogP contribution in [0.2, 0.25) is 0 Å². The molecule has 0 atom stereocenters. The van der Waals surface area contributed by atoms with Crippen LogP contribution in [0.25, 0.3) is 5.78 Å². The average molecular weight is 305 g/mol. The first kappa shape index (κ1) is 15.9. The zero-order valence-corrected chi connectivity index (χ0v) is 12.9. The fourth-order valence-electron chi connectivity index (χ4n) is 2.09. The highest BCUT2D eigenvalue weighted by Crippen LogP contribution is 2.08. The van der Waals surface area contributed by atoms with Crippen LogP contribution in [-0.2, 0) is 4.79 Å². The van der Waals surface area contributed by atoms with E-state index in [1.165, 1.54) is 9.42 Å². The summed E-state index contributed by atoms with van der Waals surface area (Å²) in [6.45, 7) is 6.35. The standard InChI is InChI=1S/C14H19N5O3/c1-9(2)8-18(7-5-11(20)21)13(22)12-16-14-15-6-4-10(3)19(14)17-12/h4,6,9H,5,7-8H2,1-3H3,(H,20,21). The van der Waals surface area contributed by atoms with Gasteiger partial charge >= 0.3 is 5.97 Å². The molecule has 8 nitrogen and oxygen atoms in total. The van der Waals surface area contributed by atoms with E-state index >= 15 is 0 Å². The molecule has 0 aliphatic carbocycles. The first-order chi connectivity index (χ1) is 10.4. The molecule has 0 aliphatic rings. The summed E-state index contributed by atoms with van der Waals surface area (Å²) in [5.41, 5.74) is 0.817. The lowest BCUT2D eigenvalue weighted by Crippen LogP contribution is -2.36. The predicted molar refractivity (Wildman–Crippen MR) is 78.5 cm³/mol. The van der Waals surface area contributed by atoms with Crippen molar-refractivity contribution in [1.82, 2.24) is 24.5 Å². The van der Waals surface area contributed by atoms with Crippen LogP contribution in [0.1, 0.15) is 36.6 Å². The van der Waals surface area contributed by atoms with Gasteiger partial charge in [0.05, 0.1) is 6.42 Å². The maximum atomic E-state index is 12.5. The summed E-state index contributed by atoms with van der Waals surface area (Å²) in [6.07, 6.45) is 1.49. The van der Waals surface area contributed by atoms with E-state index in [1.54, 1.807) is 12.3 Å². The summed E-state index contributed by atoms with van der Waals surface area (Å²) in [4.78, 5) is 33.0. The number of aromatic nitrogens is 4. The number of aliphatic carboxylic acids is 1. The smallest absolute Gasteiger partial charge is 0.305 e. The van der Waals surface area contributed by atoms with Crippen LogP contribution in [0.15, 0.2) is 12.3 Å². The summed E-state index contributed by atoms with van der Waals surface area (Å²) in [5.74, 6) is -0.713. The Bertz CT molecular complexity index is 695. The second-order valence-electron chi connectivity index (χ2n) is 5.52. The first-order valence-electron chi connectivity index (χ1n) is 7.08. The monoisotopic (exact) mass is 305 g/mol. The van der Waals surface area contributed by atoms with E-state index in [1.807, 2.05) is 20.8 Å². The molecule has 8 heteroatoms. The molecule has 2 heterocycles. The van der Waals surface area contributed by atoms with Crippen molar-refractivity contribution in [3.63, 3.8) is 0 Å². The Kier molecular flexibility index (Phi) is 4.69. The molecule has 0 bridgehead atoms. The number of nitrogens with zero attached hydrogens (tertiary/aromatic N) is 5. The van der Waals surface area contributed by atoms with Crippen LogP contribution in [0.5, 0.6) is 0 Å². The molecule has 0 unspecified atom stereocenters. The molecule has 118 valence electrons. The lowest BCUT2D eigenvalue weighted by atomic mass is 10.2. The predicted octanol–water partition coefficient (Wildman–Crippen LogP) is 1.01. The van der Waals surface area contributed by atoms with Crippen molar-refractivity contribution < 1.29 is 14.7 Å². The van der Waals surface area contributed by atoms with Gasteiger partial charge in [-0.05, 0) is 18.9 Å². The minimum absolute atomic E-state index is 0.0350. The van der Waals surface area contributed by atoms with E-state index in [2.05, 4.69) is 15.1 Å². The van der Waals surface area contributed by atoms with E-state index in [9.17, 15) is 9.59 Å². The Morgan fingerprint density at radius 2 is 2.14 bits per heavy atom. The molecule has 2 aromatic heterocycles. The van der Waals surface area contributed by atoms with E-state index in [0.29, 0.717) is 12.3 Å². The second-order valence-corrected chi connectivity index (χ2v) is 5.52. The number of carbonyl (C=O) groups is 2. The number of fused-ring (bicyclic) bond motifs is 1. The Balaban J connectivity index is 2.27. The molecule has 0 aliphatic heterocycles. The summed E-state index contributed by atoms with van der Waals surface area (Å²) in [6, 6.07) is 1.77. The summed E-state index contributed by atoms with van der Waals surface area (Å²) in [5, 5.41) is 13.0. The second kappa shape index (κ2) is 6.50. The van der Waals surface area contributed by atoms with Crippen molar-refractivity contribution in [1.29, 1.82) is 0 Å². The maximum Gasteiger partial charge on any atom is 0.305 e. The fraction of sp³-hybridized carbons (Fsp3) is 0.500. The van der Waals surface area contributed by atoms with Crippen molar-refractivity contribution in [3.8, 4) is 0 Å². The van der Waals surface area contributed by atoms with Crippen molar-refractivity contribution >= 4 is 17.7 Å². The molecule has 1 amide bonds. The van der Waals surface area contributed by atoms with Crippen molar-refractivity contribution in [2.45, 2.75) is 27.2 Å². The van der Waals surface area contributed by atoms with Gasteiger partial charge in [-0.3, -0.25) is 9.59 Å². The van der Waals surface area contributed by atoms with Crippen LogP contribution < -0.4 is 0 Å². The van der Waals surface area contributed by atoms with Gasteiger partial charge in [-0.1, -0.05) is 13.8 Å². The Morgan fingerprint density at radius 3 is 2.73 bits per heavy atom. The molecule has 22 heavy (non-hydrogen) atoms. The molecule has 0 fully saturated rings. The fourth-order valence-corrected chi connectivity index (χ4v) is 2.09. The zero-order chi connectivity index (χ0) is 16.3. The van der Waals surface area contributed by atoms with Crippen molar-refractivity contribution in [2.75, 3.05) is 13.1 Å². The summed E-state index contributed by atoms with van der Waals surface area (Å²) >= 11 is 0. The number of hydrogen-bond acceptors (Lipinski definition) is 5. The molecular weight excluding hydrogens is 286 g/mol. The maximum absolute atomic E-state index is 12.5. The largest absolute Gasteiger partial charge is 0.481 e. The summed E-state index contributed by atoms with van der Waals surface area (Å²) in [7, 11) is 0. The highest BCUT2D eigenvalue weighted by Gasteiger charge is 2.22. The van der Waals surface area contributed by atoms with Gasteiger partial charge in [0.15, 0.2) is 0 Å². The van der Waals surface area contributed by atoms with Crippen LogP contribution in [0.3, 0.4) is 0 Å². The van der Waals surface area contributed by atoms with Gasteiger partial charge in [-0.15, -0.1) is 5.10 Å². The number of carboxylic acids is 1. The molecule has 0 radical (unpaired) electrons. The number of aryl methyl sites for hydroxylation is 1. The number of rotatable bonds is 6. The molecule has 2 rings (SSSR count). The SMILES string of the molecule is Cc1ccnc2nc(C(=O)N(CCC(=O)O)CC(C)C)nn12. The lowest BCUT2D eigenvalue weighted by Gasteiger charge is -2.22. The highest BCUT2D eigenvalue weighted by atomic mass is 16.4. The topological polar surface area (TPSA) is 101 Å². The Morgan fingerprint density at radius 1 is 1.41 bits per heavy atom. The normalized spacial score (nSPS) is 11.1. The molecule has 0 spiro atoms. The van der Waals surface area contributed by atoms with Crippen LogP contribution in [-0.4, -0.2) is 54.6 Å². The third-order valence-corrected chi connectivity index (χ3v) is 3.09. The molecule has 0 aromatic carbocycles. The zero-order valence-electron chi connectivity index (χ0n) is 12.9. The van der Waals surface area contributed by atoms with E-state index < -0.39 is 5.97 Å².